The summed E-state index contributed by atoms with van der Waals surface area (Å²) < 4.78 is 6.04. The zero-order valence-corrected chi connectivity index (χ0v) is 10.6. The van der Waals surface area contributed by atoms with E-state index in [1.165, 1.54) is 11.1 Å². The summed E-state index contributed by atoms with van der Waals surface area (Å²) in [7, 11) is 0. The van der Waals surface area contributed by atoms with Gasteiger partial charge in [0.15, 0.2) is 0 Å². The van der Waals surface area contributed by atoms with Crippen molar-refractivity contribution in [1.82, 2.24) is 9.78 Å². The van der Waals surface area contributed by atoms with Crippen LogP contribution in [-0.2, 0) is 28.9 Å². The van der Waals surface area contributed by atoms with Crippen LogP contribution in [0.15, 0.2) is 10.9 Å². The number of hydrogen-bond acceptors (Lipinski definition) is 4. The van der Waals surface area contributed by atoms with Crippen molar-refractivity contribution in [2.75, 3.05) is 6.61 Å². The molecule has 0 saturated carbocycles. The molecule has 0 bridgehead atoms. The maximum absolute atomic E-state index is 11.8. The molecule has 2 rings (SSSR count). The molecule has 0 aliphatic heterocycles. The van der Waals surface area contributed by atoms with E-state index in [2.05, 4.69) is 5.10 Å². The number of ether oxygens (including phenoxy) is 1. The lowest BCUT2D eigenvalue weighted by Crippen LogP contribution is -2.29. The summed E-state index contributed by atoms with van der Waals surface area (Å²) in [6, 6.07) is 1.62. The Balaban J connectivity index is 2.24. The number of rotatable bonds is 3. The smallest absolute Gasteiger partial charge is 0.327 e. The third kappa shape index (κ3) is 2.97. The van der Waals surface area contributed by atoms with Gasteiger partial charge in [-0.15, -0.1) is 0 Å². The number of hydrogen-bond donors (Lipinski definition) is 0. The monoisotopic (exact) mass is 250 g/mol. The molecule has 1 aromatic rings. The molecule has 18 heavy (non-hydrogen) atoms. The molecule has 1 heterocycles. The Hall–Kier alpha value is -1.65. The molecular formula is C13H18N2O3. The van der Waals surface area contributed by atoms with Gasteiger partial charge in [-0.3, -0.25) is 9.59 Å². The first-order valence-corrected chi connectivity index (χ1v) is 6.46. The predicted molar refractivity (Wildman–Crippen MR) is 66.4 cm³/mol. The van der Waals surface area contributed by atoms with Crippen LogP contribution in [-0.4, -0.2) is 22.4 Å². The quantitative estimate of drug-likeness (QED) is 0.595. The van der Waals surface area contributed by atoms with Gasteiger partial charge in [0.05, 0.1) is 12.3 Å². The molecule has 0 amide bonds. The molecule has 0 N–H and O–H groups in total. The van der Waals surface area contributed by atoms with E-state index in [1.807, 2.05) is 0 Å². The fraction of sp³-hybridized carbons (Fsp3) is 0.615. The number of carbonyl (C=O) groups is 1. The first kappa shape index (κ1) is 12.8. The van der Waals surface area contributed by atoms with Crippen molar-refractivity contribution in [3.63, 3.8) is 0 Å². The molecule has 0 saturated heterocycles. The van der Waals surface area contributed by atoms with Crippen LogP contribution in [0.25, 0.3) is 0 Å². The summed E-state index contributed by atoms with van der Waals surface area (Å²) in [5.41, 5.74) is 1.78. The van der Waals surface area contributed by atoms with Gasteiger partial charge < -0.3 is 4.74 Å². The molecule has 1 aromatic heterocycles. The molecule has 5 nitrogen and oxygen atoms in total. The Morgan fingerprint density at radius 2 is 2.17 bits per heavy atom. The predicted octanol–water partition coefficient (Wildman–Crippen LogP) is 1.08. The number of aromatic nitrogens is 2. The lowest BCUT2D eigenvalue weighted by molar-refractivity contribution is -0.144. The van der Waals surface area contributed by atoms with Crippen molar-refractivity contribution in [2.24, 2.45) is 0 Å². The van der Waals surface area contributed by atoms with Gasteiger partial charge in [-0.2, -0.15) is 5.10 Å². The number of carbonyl (C=O) groups excluding carboxylic acids is 1. The van der Waals surface area contributed by atoms with Gasteiger partial charge in [0, 0.05) is 6.07 Å². The highest BCUT2D eigenvalue weighted by molar-refractivity contribution is 5.68. The number of nitrogens with zero attached hydrogens (tertiary/aromatic N) is 2. The van der Waals surface area contributed by atoms with Gasteiger partial charge in [-0.05, 0) is 38.2 Å². The fourth-order valence-corrected chi connectivity index (χ4v) is 2.22. The van der Waals surface area contributed by atoms with Crippen LogP contribution >= 0.6 is 0 Å². The highest BCUT2D eigenvalue weighted by atomic mass is 16.5. The van der Waals surface area contributed by atoms with E-state index in [1.54, 1.807) is 13.0 Å². The topological polar surface area (TPSA) is 61.2 Å². The lowest BCUT2D eigenvalue weighted by atomic mass is 10.1. The van der Waals surface area contributed by atoms with Crippen LogP contribution in [0.5, 0.6) is 0 Å². The van der Waals surface area contributed by atoms with Crippen LogP contribution in [0.3, 0.4) is 0 Å². The minimum absolute atomic E-state index is 0.0973. The Morgan fingerprint density at radius 3 is 2.94 bits per heavy atom. The largest absolute Gasteiger partial charge is 0.465 e. The molecule has 5 heteroatoms. The summed E-state index contributed by atoms with van der Waals surface area (Å²) in [6.45, 7) is 1.96. The van der Waals surface area contributed by atoms with Gasteiger partial charge >= 0.3 is 5.97 Å². The molecule has 0 fully saturated rings. The Morgan fingerprint density at radius 1 is 1.39 bits per heavy atom. The van der Waals surface area contributed by atoms with Crippen molar-refractivity contribution >= 4 is 5.97 Å². The SMILES string of the molecule is CCOC(=O)Cn1nc2c(cc1=O)CCCCC2. The number of fused-ring (bicyclic) bond motifs is 1. The summed E-state index contributed by atoms with van der Waals surface area (Å²) in [5, 5.41) is 4.30. The van der Waals surface area contributed by atoms with Crippen molar-refractivity contribution in [1.29, 1.82) is 0 Å². The minimum Gasteiger partial charge on any atom is -0.465 e. The lowest BCUT2D eigenvalue weighted by Gasteiger charge is -2.09. The third-order valence-corrected chi connectivity index (χ3v) is 3.11. The number of esters is 1. The summed E-state index contributed by atoms with van der Waals surface area (Å²) in [4.78, 5) is 23.2. The molecule has 0 unspecified atom stereocenters. The van der Waals surface area contributed by atoms with E-state index in [4.69, 9.17) is 4.74 Å². The second kappa shape index (κ2) is 5.80. The Labute approximate surface area is 106 Å². The average molecular weight is 250 g/mol. The van der Waals surface area contributed by atoms with Gasteiger partial charge in [-0.1, -0.05) is 6.42 Å². The van der Waals surface area contributed by atoms with Crippen molar-refractivity contribution < 1.29 is 9.53 Å². The van der Waals surface area contributed by atoms with Gasteiger partial charge in [0.1, 0.15) is 6.54 Å². The maximum atomic E-state index is 11.8. The van der Waals surface area contributed by atoms with Crippen molar-refractivity contribution in [3.05, 3.63) is 27.7 Å². The van der Waals surface area contributed by atoms with Gasteiger partial charge in [0.25, 0.3) is 5.56 Å². The van der Waals surface area contributed by atoms with Crippen LogP contribution in [0.4, 0.5) is 0 Å². The average Bonchev–Trinajstić information content (AvgIpc) is 2.55. The van der Waals surface area contributed by atoms with E-state index in [0.29, 0.717) is 6.61 Å². The summed E-state index contributed by atoms with van der Waals surface area (Å²) in [5.74, 6) is -0.416. The molecule has 0 atom stereocenters. The van der Waals surface area contributed by atoms with Crippen LogP contribution in [0.1, 0.15) is 37.4 Å². The molecular weight excluding hydrogens is 232 g/mol. The zero-order valence-electron chi connectivity index (χ0n) is 10.6. The highest BCUT2D eigenvalue weighted by Gasteiger charge is 2.13. The standard InChI is InChI=1S/C13H18N2O3/c1-2-18-13(17)9-15-12(16)8-10-6-4-3-5-7-11(10)14-15/h8H,2-7,9H2,1H3. The number of aryl methyl sites for hydroxylation is 2. The second-order valence-corrected chi connectivity index (χ2v) is 4.48. The first-order valence-electron chi connectivity index (χ1n) is 6.46. The van der Waals surface area contributed by atoms with Gasteiger partial charge in [0.2, 0.25) is 0 Å². The Kier molecular flexibility index (Phi) is 4.12. The minimum atomic E-state index is -0.416. The van der Waals surface area contributed by atoms with Crippen molar-refractivity contribution in [2.45, 2.75) is 45.6 Å². The van der Waals surface area contributed by atoms with E-state index in [-0.39, 0.29) is 12.1 Å². The molecule has 1 aliphatic rings. The normalized spacial score (nSPS) is 14.7. The first-order chi connectivity index (χ1) is 8.70. The molecule has 1 aliphatic carbocycles. The fourth-order valence-electron chi connectivity index (χ4n) is 2.22. The van der Waals surface area contributed by atoms with E-state index >= 15 is 0 Å². The molecule has 0 spiro atoms. The van der Waals surface area contributed by atoms with Gasteiger partial charge in [-0.25, -0.2) is 4.68 Å². The molecule has 0 radical (unpaired) electrons. The van der Waals surface area contributed by atoms with E-state index < -0.39 is 5.97 Å². The highest BCUT2D eigenvalue weighted by Crippen LogP contribution is 2.16. The van der Waals surface area contributed by atoms with Crippen LogP contribution in [0.2, 0.25) is 0 Å². The summed E-state index contributed by atoms with van der Waals surface area (Å²) in [6.07, 6.45) is 5.17. The molecule has 0 aromatic carbocycles. The van der Waals surface area contributed by atoms with E-state index in [0.717, 1.165) is 36.9 Å². The molecule has 98 valence electrons. The summed E-state index contributed by atoms with van der Waals surface area (Å²) >= 11 is 0. The third-order valence-electron chi connectivity index (χ3n) is 3.11. The maximum Gasteiger partial charge on any atom is 0.327 e. The van der Waals surface area contributed by atoms with Crippen LogP contribution in [0, 0.1) is 0 Å². The van der Waals surface area contributed by atoms with E-state index in [9.17, 15) is 9.59 Å². The Bertz CT molecular complexity index is 493. The van der Waals surface area contributed by atoms with Crippen LogP contribution < -0.4 is 5.56 Å². The zero-order chi connectivity index (χ0) is 13.0. The second-order valence-electron chi connectivity index (χ2n) is 4.48. The van der Waals surface area contributed by atoms with Crippen molar-refractivity contribution in [3.8, 4) is 0 Å².